The van der Waals surface area contributed by atoms with Crippen LogP contribution < -0.4 is 0 Å². The largest absolute Gasteiger partial charge is 0.456 e. The Hall–Kier alpha value is -3.39. The van der Waals surface area contributed by atoms with Gasteiger partial charge in [-0.1, -0.05) is 61.5 Å². The van der Waals surface area contributed by atoms with Gasteiger partial charge in [-0.25, -0.2) is 4.58 Å². The molecule has 0 unspecified atom stereocenters. The third kappa shape index (κ3) is 4.22. The fraction of sp³-hybridized carbons (Fsp3) is 0.148. The average Bonchev–Trinajstić information content (AvgIpc) is 2.79. The summed E-state index contributed by atoms with van der Waals surface area (Å²) in [4.78, 5) is 0. The SMILES string of the molecule is CCc1ccc(C2=CC(=C3C=CC(=[N+](C)C)C=C3)C=C(c3ccccc3)O2)cc1. The number of aryl methyl sites for hydroxylation is 1. The van der Waals surface area contributed by atoms with Crippen molar-refractivity contribution < 1.29 is 9.31 Å². The van der Waals surface area contributed by atoms with Gasteiger partial charge in [0, 0.05) is 23.3 Å². The van der Waals surface area contributed by atoms with Crippen LogP contribution in [0.3, 0.4) is 0 Å². The topological polar surface area (TPSA) is 12.2 Å². The summed E-state index contributed by atoms with van der Waals surface area (Å²) in [6, 6.07) is 18.9. The van der Waals surface area contributed by atoms with Crippen molar-refractivity contribution in [3.05, 3.63) is 119 Å². The summed E-state index contributed by atoms with van der Waals surface area (Å²) in [6.45, 7) is 2.17. The highest BCUT2D eigenvalue weighted by atomic mass is 16.5. The van der Waals surface area contributed by atoms with Gasteiger partial charge in [-0.05, 0) is 47.4 Å². The lowest BCUT2D eigenvalue weighted by Gasteiger charge is -2.20. The van der Waals surface area contributed by atoms with Crippen molar-refractivity contribution in [1.29, 1.82) is 0 Å². The first-order chi connectivity index (χ1) is 14.1. The van der Waals surface area contributed by atoms with E-state index in [1.54, 1.807) is 0 Å². The molecule has 0 saturated heterocycles. The third-order valence-electron chi connectivity index (χ3n) is 5.22. The molecule has 2 aromatic carbocycles. The maximum atomic E-state index is 6.34. The highest BCUT2D eigenvalue weighted by Crippen LogP contribution is 2.34. The summed E-state index contributed by atoms with van der Waals surface area (Å²) in [6.07, 6.45) is 13.9. The molecule has 0 saturated carbocycles. The minimum Gasteiger partial charge on any atom is -0.456 e. The molecule has 1 heterocycles. The Labute approximate surface area is 173 Å². The lowest BCUT2D eigenvalue weighted by atomic mass is 9.97. The summed E-state index contributed by atoms with van der Waals surface area (Å²) < 4.78 is 8.45. The molecule has 2 nitrogen and oxygen atoms in total. The Morgan fingerprint density at radius 3 is 1.83 bits per heavy atom. The molecule has 0 amide bonds. The quantitative estimate of drug-likeness (QED) is 0.613. The van der Waals surface area contributed by atoms with Crippen LogP contribution in [-0.4, -0.2) is 24.4 Å². The molecular weight excluding hydrogens is 354 g/mol. The predicted octanol–water partition coefficient (Wildman–Crippen LogP) is 5.80. The molecule has 2 aromatic rings. The summed E-state index contributed by atoms with van der Waals surface area (Å²) in [5.74, 6) is 1.75. The lowest BCUT2D eigenvalue weighted by Crippen LogP contribution is -2.10. The first kappa shape index (κ1) is 18.9. The predicted molar refractivity (Wildman–Crippen MR) is 122 cm³/mol. The molecule has 0 bridgehead atoms. The molecule has 0 radical (unpaired) electrons. The Morgan fingerprint density at radius 2 is 1.28 bits per heavy atom. The van der Waals surface area contributed by atoms with Gasteiger partial charge >= 0.3 is 0 Å². The normalized spacial score (nSPS) is 15.8. The average molecular weight is 381 g/mol. The van der Waals surface area contributed by atoms with E-state index in [4.69, 9.17) is 4.74 Å². The van der Waals surface area contributed by atoms with Gasteiger partial charge in [0.15, 0.2) is 5.71 Å². The Morgan fingerprint density at radius 1 is 0.690 bits per heavy atom. The monoisotopic (exact) mass is 380 g/mol. The second-order valence-electron chi connectivity index (χ2n) is 7.43. The second kappa shape index (κ2) is 8.32. The van der Waals surface area contributed by atoms with E-state index in [2.05, 4.69) is 98.4 Å². The zero-order valence-electron chi connectivity index (χ0n) is 17.2. The van der Waals surface area contributed by atoms with Crippen molar-refractivity contribution in [3.63, 3.8) is 0 Å². The van der Waals surface area contributed by atoms with Gasteiger partial charge in [-0.15, -0.1) is 0 Å². The van der Waals surface area contributed by atoms with E-state index >= 15 is 0 Å². The molecule has 0 fully saturated rings. The van der Waals surface area contributed by atoms with Gasteiger partial charge < -0.3 is 4.74 Å². The Bertz CT molecular complexity index is 1070. The van der Waals surface area contributed by atoms with Crippen LogP contribution in [0.25, 0.3) is 11.5 Å². The lowest BCUT2D eigenvalue weighted by molar-refractivity contribution is -0.462. The van der Waals surface area contributed by atoms with Gasteiger partial charge in [0.2, 0.25) is 0 Å². The summed E-state index contributed by atoms with van der Waals surface area (Å²) in [5, 5.41) is 0. The minimum absolute atomic E-state index is 0.870. The Kier molecular flexibility index (Phi) is 5.44. The molecule has 1 aliphatic carbocycles. The molecular formula is C27H26NO+. The maximum absolute atomic E-state index is 6.34. The Balaban J connectivity index is 1.79. The van der Waals surface area contributed by atoms with Crippen molar-refractivity contribution in [1.82, 2.24) is 0 Å². The van der Waals surface area contributed by atoms with Crippen LogP contribution in [-0.2, 0) is 11.2 Å². The van der Waals surface area contributed by atoms with E-state index in [0.29, 0.717) is 0 Å². The molecule has 0 N–H and O–H groups in total. The van der Waals surface area contributed by atoms with E-state index < -0.39 is 0 Å². The third-order valence-corrected chi connectivity index (χ3v) is 5.22. The summed E-state index contributed by atoms with van der Waals surface area (Å²) in [7, 11) is 4.12. The fourth-order valence-electron chi connectivity index (χ4n) is 3.41. The highest BCUT2D eigenvalue weighted by Gasteiger charge is 2.17. The number of nitrogens with zero attached hydrogens (tertiary/aromatic N) is 1. The number of ether oxygens (including phenoxy) is 1. The maximum Gasteiger partial charge on any atom is 0.199 e. The van der Waals surface area contributed by atoms with Crippen molar-refractivity contribution in [3.8, 4) is 0 Å². The molecule has 144 valence electrons. The van der Waals surface area contributed by atoms with Crippen LogP contribution in [0.1, 0.15) is 23.6 Å². The van der Waals surface area contributed by atoms with E-state index in [0.717, 1.165) is 34.6 Å². The minimum atomic E-state index is 0.870. The van der Waals surface area contributed by atoms with E-state index in [-0.39, 0.29) is 0 Å². The number of benzene rings is 2. The van der Waals surface area contributed by atoms with Gasteiger partial charge in [-0.3, -0.25) is 0 Å². The summed E-state index contributed by atoms with van der Waals surface area (Å²) >= 11 is 0. The van der Waals surface area contributed by atoms with Crippen LogP contribution in [0, 0.1) is 0 Å². The second-order valence-corrected chi connectivity index (χ2v) is 7.43. The van der Waals surface area contributed by atoms with Crippen molar-refractivity contribution >= 4 is 17.2 Å². The highest BCUT2D eigenvalue weighted by molar-refractivity contribution is 6.02. The smallest absolute Gasteiger partial charge is 0.199 e. The van der Waals surface area contributed by atoms with E-state index in [1.165, 1.54) is 16.8 Å². The first-order valence-electron chi connectivity index (χ1n) is 10.0. The standard InChI is InChI=1S/C27H26NO/c1-4-20-10-12-23(13-11-20)27-19-24(21-14-16-25(17-15-21)28(2)3)18-26(29-27)22-8-6-5-7-9-22/h5-19H,4H2,1-3H3/q+1. The zero-order chi connectivity index (χ0) is 20.2. The molecule has 2 heteroatoms. The summed E-state index contributed by atoms with van der Waals surface area (Å²) in [5.41, 5.74) is 7.00. The number of hydrogen-bond donors (Lipinski definition) is 0. The van der Waals surface area contributed by atoms with Gasteiger partial charge in [0.1, 0.15) is 25.6 Å². The molecule has 1 aliphatic heterocycles. The molecule has 0 atom stereocenters. The van der Waals surface area contributed by atoms with Gasteiger partial charge in [0.25, 0.3) is 0 Å². The first-order valence-corrected chi connectivity index (χ1v) is 10.0. The van der Waals surface area contributed by atoms with Gasteiger partial charge in [0.05, 0.1) is 0 Å². The van der Waals surface area contributed by atoms with Crippen molar-refractivity contribution in [2.24, 2.45) is 0 Å². The molecule has 2 aliphatic rings. The number of rotatable bonds is 3. The van der Waals surface area contributed by atoms with Gasteiger partial charge in [-0.2, -0.15) is 0 Å². The van der Waals surface area contributed by atoms with Crippen molar-refractivity contribution in [2.45, 2.75) is 13.3 Å². The van der Waals surface area contributed by atoms with Crippen LogP contribution in [0.4, 0.5) is 0 Å². The molecule has 29 heavy (non-hydrogen) atoms. The zero-order valence-corrected chi connectivity index (χ0v) is 17.2. The molecule has 4 rings (SSSR count). The van der Waals surface area contributed by atoms with E-state index in [1.807, 2.05) is 18.2 Å². The van der Waals surface area contributed by atoms with Crippen LogP contribution in [0.5, 0.6) is 0 Å². The van der Waals surface area contributed by atoms with Crippen molar-refractivity contribution in [2.75, 3.05) is 14.1 Å². The molecule has 0 spiro atoms. The van der Waals surface area contributed by atoms with Crippen LogP contribution in [0.15, 0.2) is 102 Å². The fourth-order valence-corrected chi connectivity index (χ4v) is 3.41. The van der Waals surface area contributed by atoms with Crippen LogP contribution in [0.2, 0.25) is 0 Å². The number of allylic oxidation sites excluding steroid dienone is 8. The molecule has 0 aromatic heterocycles. The van der Waals surface area contributed by atoms with E-state index in [9.17, 15) is 0 Å². The van der Waals surface area contributed by atoms with Crippen LogP contribution >= 0.6 is 0 Å². The number of hydrogen-bond acceptors (Lipinski definition) is 1.